The van der Waals surface area contributed by atoms with Crippen molar-refractivity contribution in [1.29, 1.82) is 0 Å². The molecule has 0 unspecified atom stereocenters. The van der Waals surface area contributed by atoms with Gasteiger partial charge in [0.25, 0.3) is 0 Å². The van der Waals surface area contributed by atoms with Crippen LogP contribution < -0.4 is 0 Å². The fourth-order valence-corrected chi connectivity index (χ4v) is 4.84. The molecule has 2 atom stereocenters. The zero-order valence-electron chi connectivity index (χ0n) is 12.5. The molecule has 2 aliphatic heterocycles. The summed E-state index contributed by atoms with van der Waals surface area (Å²) in [7, 11) is -3.56. The highest BCUT2D eigenvalue weighted by Crippen LogP contribution is 2.43. The molecule has 0 bridgehead atoms. The molecule has 6 heteroatoms. The van der Waals surface area contributed by atoms with Crippen molar-refractivity contribution < 1.29 is 17.9 Å². The van der Waals surface area contributed by atoms with Gasteiger partial charge in [-0.05, 0) is 19.1 Å². The largest absolute Gasteiger partial charge is 0.457 e. The Bertz CT molecular complexity index is 710. The molecule has 118 valence electrons. The number of carbonyl (C=O) groups is 1. The maximum Gasteiger partial charge on any atom is 0.306 e. The minimum atomic E-state index is -3.56. The van der Waals surface area contributed by atoms with E-state index in [1.807, 2.05) is 6.92 Å². The summed E-state index contributed by atoms with van der Waals surface area (Å²) in [4.78, 5) is 11.9. The van der Waals surface area contributed by atoms with E-state index in [1.54, 1.807) is 30.3 Å². The van der Waals surface area contributed by atoms with Crippen LogP contribution in [0.4, 0.5) is 0 Å². The van der Waals surface area contributed by atoms with E-state index in [1.165, 1.54) is 4.31 Å². The molecule has 22 heavy (non-hydrogen) atoms. The first kappa shape index (κ1) is 15.2. The van der Waals surface area contributed by atoms with Crippen molar-refractivity contribution in [3.05, 3.63) is 42.5 Å². The van der Waals surface area contributed by atoms with Crippen molar-refractivity contribution >= 4 is 16.0 Å². The van der Waals surface area contributed by atoms with Gasteiger partial charge in [-0.15, -0.1) is 6.58 Å². The van der Waals surface area contributed by atoms with Gasteiger partial charge in [0.1, 0.15) is 5.60 Å². The summed E-state index contributed by atoms with van der Waals surface area (Å²) in [5, 5.41) is 0. The molecule has 3 rings (SSSR count). The Balaban J connectivity index is 1.90. The summed E-state index contributed by atoms with van der Waals surface area (Å²) in [6.07, 6.45) is 2.44. The lowest BCUT2D eigenvalue weighted by atomic mass is 9.88. The molecule has 0 aliphatic carbocycles. The van der Waals surface area contributed by atoms with Crippen LogP contribution in [0.1, 0.15) is 18.4 Å². The smallest absolute Gasteiger partial charge is 0.306 e. The highest BCUT2D eigenvalue weighted by atomic mass is 32.2. The molecule has 2 aliphatic rings. The van der Waals surface area contributed by atoms with E-state index in [9.17, 15) is 13.2 Å². The first-order chi connectivity index (χ1) is 10.4. The van der Waals surface area contributed by atoms with Crippen molar-refractivity contribution in [2.45, 2.75) is 30.3 Å². The number of rotatable bonds is 4. The maximum absolute atomic E-state index is 12.8. The van der Waals surface area contributed by atoms with E-state index in [0.29, 0.717) is 13.0 Å². The second-order valence-electron chi connectivity index (χ2n) is 6.04. The predicted molar refractivity (Wildman–Crippen MR) is 81.7 cm³/mol. The van der Waals surface area contributed by atoms with Gasteiger partial charge in [-0.2, -0.15) is 4.31 Å². The molecule has 0 aromatic heterocycles. The molecule has 5 nitrogen and oxygen atoms in total. The van der Waals surface area contributed by atoms with E-state index >= 15 is 0 Å². The van der Waals surface area contributed by atoms with Crippen molar-refractivity contribution in [2.75, 3.05) is 13.1 Å². The zero-order chi connectivity index (χ0) is 16.0. The number of benzene rings is 1. The number of hydrogen-bond acceptors (Lipinski definition) is 4. The van der Waals surface area contributed by atoms with E-state index < -0.39 is 15.6 Å². The number of nitrogens with zero attached hydrogens (tertiary/aromatic N) is 1. The monoisotopic (exact) mass is 321 g/mol. The maximum atomic E-state index is 12.8. The van der Waals surface area contributed by atoms with Crippen LogP contribution in [0.25, 0.3) is 0 Å². The van der Waals surface area contributed by atoms with Gasteiger partial charge in [-0.3, -0.25) is 4.79 Å². The van der Waals surface area contributed by atoms with Gasteiger partial charge in [0, 0.05) is 18.9 Å². The average Bonchev–Trinajstić information content (AvgIpc) is 2.92. The van der Waals surface area contributed by atoms with Gasteiger partial charge in [-0.25, -0.2) is 8.42 Å². The summed E-state index contributed by atoms with van der Waals surface area (Å²) in [5.74, 6) is -0.350. The number of aryl methyl sites for hydroxylation is 1. The lowest BCUT2D eigenvalue weighted by molar-refractivity contribution is -0.148. The van der Waals surface area contributed by atoms with Gasteiger partial charge in [-0.1, -0.05) is 23.8 Å². The Labute approximate surface area is 130 Å². The molecule has 2 fully saturated rings. The molecule has 2 saturated heterocycles. The normalized spacial score (nSPS) is 28.4. The summed E-state index contributed by atoms with van der Waals surface area (Å²) in [6.45, 7) is 6.13. The van der Waals surface area contributed by atoms with Crippen molar-refractivity contribution in [3.8, 4) is 0 Å². The predicted octanol–water partition coefficient (Wildman–Crippen LogP) is 1.88. The first-order valence-corrected chi connectivity index (χ1v) is 8.71. The molecule has 1 aromatic rings. The third kappa shape index (κ3) is 2.36. The lowest BCUT2D eigenvalue weighted by Crippen LogP contribution is -2.38. The summed E-state index contributed by atoms with van der Waals surface area (Å²) >= 11 is 0. The molecule has 0 radical (unpaired) electrons. The van der Waals surface area contributed by atoms with Gasteiger partial charge in [0.05, 0.1) is 17.9 Å². The second kappa shape index (κ2) is 5.21. The van der Waals surface area contributed by atoms with Crippen LogP contribution in [-0.4, -0.2) is 37.4 Å². The van der Waals surface area contributed by atoms with Crippen molar-refractivity contribution in [3.63, 3.8) is 0 Å². The third-order valence-corrected chi connectivity index (χ3v) is 6.32. The Hall–Kier alpha value is -1.66. The number of sulfonamides is 1. The molecule has 0 amide bonds. The van der Waals surface area contributed by atoms with Gasteiger partial charge >= 0.3 is 5.97 Å². The van der Waals surface area contributed by atoms with Crippen LogP contribution in [0.3, 0.4) is 0 Å². The van der Waals surface area contributed by atoms with E-state index in [0.717, 1.165) is 5.56 Å². The molecular weight excluding hydrogens is 302 g/mol. The van der Waals surface area contributed by atoms with E-state index in [2.05, 4.69) is 6.58 Å². The molecule has 0 spiro atoms. The number of hydrogen-bond donors (Lipinski definition) is 0. The molecular formula is C16H19NO4S. The topological polar surface area (TPSA) is 63.7 Å². The minimum absolute atomic E-state index is 0.0989. The molecule has 0 N–H and O–H groups in total. The Morgan fingerprint density at radius 3 is 2.73 bits per heavy atom. The van der Waals surface area contributed by atoms with Crippen LogP contribution in [-0.2, 0) is 19.6 Å². The average molecular weight is 321 g/mol. The Kier molecular flexibility index (Phi) is 3.61. The van der Waals surface area contributed by atoms with Crippen molar-refractivity contribution in [1.82, 2.24) is 4.31 Å². The highest BCUT2D eigenvalue weighted by molar-refractivity contribution is 7.89. The summed E-state index contributed by atoms with van der Waals surface area (Å²) < 4.78 is 32.4. The zero-order valence-corrected chi connectivity index (χ0v) is 13.3. The fourth-order valence-electron chi connectivity index (χ4n) is 3.30. The van der Waals surface area contributed by atoms with E-state index in [-0.39, 0.29) is 29.7 Å². The second-order valence-corrected chi connectivity index (χ2v) is 7.98. The van der Waals surface area contributed by atoms with E-state index in [4.69, 9.17) is 4.74 Å². The van der Waals surface area contributed by atoms with Gasteiger partial charge < -0.3 is 4.74 Å². The summed E-state index contributed by atoms with van der Waals surface area (Å²) in [6, 6.07) is 6.79. The van der Waals surface area contributed by atoms with Gasteiger partial charge in [0.2, 0.25) is 10.0 Å². The standard InChI is InChI=1S/C16H19NO4S/c1-3-8-16-11-17(10-13(16)9-15(18)21-16)22(19,20)14-6-4-12(2)5-7-14/h3-7,13H,1,8-11H2,2H3/t13-,16+/m0/s1. The quantitative estimate of drug-likeness (QED) is 0.627. The summed E-state index contributed by atoms with van der Waals surface area (Å²) in [5.41, 5.74) is 0.269. The fraction of sp³-hybridized carbons (Fsp3) is 0.438. The van der Waals surface area contributed by atoms with Gasteiger partial charge in [0.15, 0.2) is 0 Å². The van der Waals surface area contributed by atoms with Crippen molar-refractivity contribution in [2.24, 2.45) is 5.92 Å². The third-order valence-electron chi connectivity index (χ3n) is 4.49. The first-order valence-electron chi connectivity index (χ1n) is 7.27. The molecule has 2 heterocycles. The van der Waals surface area contributed by atoms with Crippen LogP contribution in [0, 0.1) is 12.8 Å². The number of ether oxygens (including phenoxy) is 1. The lowest BCUT2D eigenvalue weighted by Gasteiger charge is -2.26. The molecule has 1 aromatic carbocycles. The number of esters is 1. The number of fused-ring (bicyclic) bond motifs is 1. The molecule has 0 saturated carbocycles. The van der Waals surface area contributed by atoms with Crippen LogP contribution in [0.2, 0.25) is 0 Å². The highest BCUT2D eigenvalue weighted by Gasteiger charge is 2.56. The van der Waals surface area contributed by atoms with Crippen LogP contribution >= 0.6 is 0 Å². The number of carbonyl (C=O) groups excluding carboxylic acids is 1. The SMILES string of the molecule is C=CC[C@@]12CN(S(=O)(=O)c3ccc(C)cc3)C[C@@H]1CC(=O)O2. The Morgan fingerprint density at radius 1 is 1.41 bits per heavy atom. The Morgan fingerprint density at radius 2 is 2.09 bits per heavy atom. The van der Waals surface area contributed by atoms with Crippen LogP contribution in [0.15, 0.2) is 41.8 Å². The minimum Gasteiger partial charge on any atom is -0.457 e. The van der Waals surface area contributed by atoms with Crippen LogP contribution in [0.5, 0.6) is 0 Å².